The molecule has 0 atom stereocenters. The minimum atomic E-state index is -3.84. The number of nitrogens with zero attached hydrogens (tertiary/aromatic N) is 3. The van der Waals surface area contributed by atoms with Gasteiger partial charge in [-0.1, -0.05) is 91.9 Å². The fourth-order valence-corrected chi connectivity index (χ4v) is 7.16. The second-order valence-corrected chi connectivity index (χ2v) is 12.7. The van der Waals surface area contributed by atoms with Crippen LogP contribution in [0.25, 0.3) is 10.2 Å². The minimum absolute atomic E-state index is 0.0947. The fraction of sp³-hybridized carbons (Fsp3) is 0.310. The number of benzene rings is 3. The first-order valence-corrected chi connectivity index (χ1v) is 15.3. The highest BCUT2D eigenvalue weighted by Gasteiger charge is 2.28. The van der Waals surface area contributed by atoms with Crippen LogP contribution in [-0.4, -0.2) is 48.3 Å². The van der Waals surface area contributed by atoms with Gasteiger partial charge in [-0.2, -0.15) is 9.19 Å². The van der Waals surface area contributed by atoms with Gasteiger partial charge < -0.3 is 10.6 Å². The van der Waals surface area contributed by atoms with Crippen LogP contribution in [0.1, 0.15) is 31.4 Å². The number of nitrogens with two attached hydrogens (primary N) is 1. The average Bonchev–Trinajstić information content (AvgIpc) is 3.33. The smallest absolute Gasteiger partial charge is 0.375 e. The number of sulfonamides is 1. The lowest BCUT2D eigenvalue weighted by atomic mass is 10.2. The Morgan fingerprint density at radius 1 is 0.950 bits per heavy atom. The van der Waals surface area contributed by atoms with Gasteiger partial charge >= 0.3 is 6.09 Å². The molecule has 2 N–H and O–H groups in total. The minimum Gasteiger partial charge on any atom is -0.375 e. The molecule has 0 aliphatic rings. The van der Waals surface area contributed by atoms with Crippen molar-refractivity contribution in [2.45, 2.75) is 38.3 Å². The van der Waals surface area contributed by atoms with Crippen LogP contribution in [0.3, 0.4) is 0 Å². The van der Waals surface area contributed by atoms with Gasteiger partial charge in [0.05, 0.1) is 10.2 Å². The first-order valence-electron chi connectivity index (χ1n) is 13.1. The second-order valence-electron chi connectivity index (χ2n) is 9.77. The predicted octanol–water partition coefficient (Wildman–Crippen LogP) is 5.69. The highest BCUT2D eigenvalue weighted by atomic mass is 32.2. The molecule has 0 aliphatic heterocycles. The number of hydrogen-bond acceptors (Lipinski definition) is 8. The summed E-state index contributed by atoms with van der Waals surface area (Å²) in [6, 6.07) is 24.0. The van der Waals surface area contributed by atoms with Crippen molar-refractivity contribution in [2.75, 3.05) is 25.4 Å². The van der Waals surface area contributed by atoms with E-state index in [1.54, 1.807) is 18.2 Å². The number of carbonyl (C=O) groups is 1. The molecule has 0 spiro atoms. The number of anilines is 1. The van der Waals surface area contributed by atoms with Gasteiger partial charge in [0.1, 0.15) is 11.5 Å². The van der Waals surface area contributed by atoms with Crippen molar-refractivity contribution in [1.29, 1.82) is 0 Å². The lowest BCUT2D eigenvalue weighted by Gasteiger charge is -2.26. The van der Waals surface area contributed by atoms with Crippen molar-refractivity contribution >= 4 is 42.8 Å². The third-order valence-electron chi connectivity index (χ3n) is 6.09. The zero-order chi connectivity index (χ0) is 28.5. The first kappa shape index (κ1) is 29.5. The standard InChI is InChI=1S/C29H34N4O5S2/c1-22(2)19-33(40(35,36)26-16-9-15-25-27(26)39-28(30)31-25)18-10-17-32(20-23-11-5-3-6-12-23)29(34)38-37-21-24-13-7-4-8-14-24/h3-9,11-16,22H,10,17-21H2,1-2H3,(H2,30,31). The van der Waals surface area contributed by atoms with Crippen LogP contribution >= 0.6 is 11.3 Å². The van der Waals surface area contributed by atoms with E-state index < -0.39 is 16.1 Å². The monoisotopic (exact) mass is 582 g/mol. The van der Waals surface area contributed by atoms with Crippen LogP contribution < -0.4 is 5.73 Å². The summed E-state index contributed by atoms with van der Waals surface area (Å²) in [5, 5.41) is 0.317. The Balaban J connectivity index is 1.46. The number of carbonyl (C=O) groups excluding carboxylic acids is 1. The largest absolute Gasteiger partial charge is 0.441 e. The lowest BCUT2D eigenvalue weighted by Crippen LogP contribution is -2.38. The number of amides is 1. The molecule has 1 amide bonds. The predicted molar refractivity (Wildman–Crippen MR) is 157 cm³/mol. The zero-order valence-corrected chi connectivity index (χ0v) is 24.2. The molecule has 40 heavy (non-hydrogen) atoms. The van der Waals surface area contributed by atoms with E-state index in [1.165, 1.54) is 9.21 Å². The molecule has 0 aliphatic carbocycles. The van der Waals surface area contributed by atoms with E-state index in [0.29, 0.717) is 34.9 Å². The van der Waals surface area contributed by atoms with Crippen molar-refractivity contribution in [3.05, 3.63) is 90.0 Å². The zero-order valence-electron chi connectivity index (χ0n) is 22.6. The molecule has 0 bridgehead atoms. The van der Waals surface area contributed by atoms with Gasteiger partial charge in [-0.15, -0.1) is 0 Å². The molecule has 0 saturated carbocycles. The Labute approximate surface area is 239 Å². The summed E-state index contributed by atoms with van der Waals surface area (Å²) in [6.07, 6.45) is -0.240. The third kappa shape index (κ3) is 7.79. The summed E-state index contributed by atoms with van der Waals surface area (Å²) in [4.78, 5) is 29.3. The van der Waals surface area contributed by atoms with Crippen molar-refractivity contribution in [3.63, 3.8) is 0 Å². The average molecular weight is 583 g/mol. The number of aromatic nitrogens is 1. The van der Waals surface area contributed by atoms with Crippen molar-refractivity contribution in [1.82, 2.24) is 14.2 Å². The van der Waals surface area contributed by atoms with E-state index in [0.717, 1.165) is 22.5 Å². The topological polar surface area (TPSA) is 115 Å². The number of fused-ring (bicyclic) bond motifs is 1. The molecule has 0 radical (unpaired) electrons. The quantitative estimate of drug-likeness (QED) is 0.159. The third-order valence-corrected chi connectivity index (χ3v) is 9.06. The number of hydrogen-bond donors (Lipinski definition) is 1. The van der Waals surface area contributed by atoms with Gasteiger partial charge in [0.25, 0.3) is 0 Å². The van der Waals surface area contributed by atoms with Gasteiger partial charge in [-0.05, 0) is 35.6 Å². The molecule has 4 rings (SSSR count). The summed E-state index contributed by atoms with van der Waals surface area (Å²) < 4.78 is 29.6. The second kappa shape index (κ2) is 13.7. The van der Waals surface area contributed by atoms with Crippen LogP contribution in [0, 0.1) is 5.92 Å². The van der Waals surface area contributed by atoms with Crippen LogP contribution in [0.2, 0.25) is 0 Å². The van der Waals surface area contributed by atoms with Gasteiger partial charge in [0.15, 0.2) is 5.13 Å². The SMILES string of the molecule is CC(C)CN(CCCN(Cc1ccccc1)C(=O)OOCc1ccccc1)S(=O)(=O)c1cccc2nc(N)sc12. The molecule has 1 heterocycles. The van der Waals surface area contributed by atoms with Crippen molar-refractivity contribution in [2.24, 2.45) is 5.92 Å². The van der Waals surface area contributed by atoms with Crippen molar-refractivity contribution in [3.8, 4) is 0 Å². The molecule has 9 nitrogen and oxygen atoms in total. The molecule has 3 aromatic carbocycles. The number of nitrogen functional groups attached to an aromatic ring is 1. The van der Waals surface area contributed by atoms with Crippen molar-refractivity contribution < 1.29 is 23.0 Å². The molecule has 1 aromatic heterocycles. The summed E-state index contributed by atoms with van der Waals surface area (Å²) in [5.74, 6) is 0.0947. The summed E-state index contributed by atoms with van der Waals surface area (Å²) in [5.41, 5.74) is 8.22. The molecular weight excluding hydrogens is 548 g/mol. The van der Waals surface area contributed by atoms with Crippen LogP contribution in [-0.2, 0) is 33.0 Å². The molecular formula is C29H34N4O5S2. The maximum atomic E-state index is 13.8. The van der Waals surface area contributed by atoms with E-state index in [4.69, 9.17) is 15.5 Å². The summed E-state index contributed by atoms with van der Waals surface area (Å²) >= 11 is 1.16. The summed E-state index contributed by atoms with van der Waals surface area (Å²) in [6.45, 7) is 5.17. The normalized spacial score (nSPS) is 11.8. The van der Waals surface area contributed by atoms with Crippen LogP contribution in [0.4, 0.5) is 9.93 Å². The van der Waals surface area contributed by atoms with Gasteiger partial charge in [0.2, 0.25) is 10.0 Å². The molecule has 0 saturated heterocycles. The Bertz CT molecular complexity index is 1490. The molecule has 4 aromatic rings. The van der Waals surface area contributed by atoms with E-state index in [1.807, 2.05) is 74.5 Å². The Morgan fingerprint density at radius 3 is 2.30 bits per heavy atom. The van der Waals surface area contributed by atoms with Gasteiger partial charge in [-0.25, -0.2) is 18.2 Å². The summed E-state index contributed by atoms with van der Waals surface area (Å²) in [7, 11) is -3.84. The van der Waals surface area contributed by atoms with E-state index in [9.17, 15) is 13.2 Å². The Hall–Kier alpha value is -3.51. The number of rotatable bonds is 13. The van der Waals surface area contributed by atoms with E-state index in [2.05, 4.69) is 4.98 Å². The maximum absolute atomic E-state index is 13.8. The van der Waals surface area contributed by atoms with Crippen LogP contribution in [0.15, 0.2) is 83.8 Å². The van der Waals surface area contributed by atoms with Gasteiger partial charge in [-0.3, -0.25) is 4.89 Å². The highest BCUT2D eigenvalue weighted by Crippen LogP contribution is 2.32. The molecule has 11 heteroatoms. The fourth-order valence-electron chi connectivity index (χ4n) is 4.25. The number of thiazole rings is 1. The maximum Gasteiger partial charge on any atom is 0.441 e. The van der Waals surface area contributed by atoms with E-state index >= 15 is 0 Å². The highest BCUT2D eigenvalue weighted by molar-refractivity contribution is 7.89. The molecule has 212 valence electrons. The molecule has 0 fully saturated rings. The van der Waals surface area contributed by atoms with Crippen LogP contribution in [0.5, 0.6) is 0 Å². The van der Waals surface area contributed by atoms with Gasteiger partial charge in [0, 0.05) is 26.2 Å². The lowest BCUT2D eigenvalue weighted by molar-refractivity contribution is -0.256. The Kier molecular flexibility index (Phi) is 10.1. The molecule has 0 unspecified atom stereocenters. The van der Waals surface area contributed by atoms with E-state index in [-0.39, 0.29) is 30.5 Å². The Morgan fingerprint density at radius 2 is 1.62 bits per heavy atom. The first-order chi connectivity index (χ1) is 19.2.